The summed E-state index contributed by atoms with van der Waals surface area (Å²) < 4.78 is 40.2. The van der Waals surface area contributed by atoms with E-state index in [2.05, 4.69) is 0 Å². The summed E-state index contributed by atoms with van der Waals surface area (Å²) in [5.74, 6) is -1.58. The summed E-state index contributed by atoms with van der Waals surface area (Å²) in [5.41, 5.74) is 0. The number of hydrogen-bond donors (Lipinski definition) is 0. The van der Waals surface area contributed by atoms with Gasteiger partial charge in [0.2, 0.25) is 6.29 Å². The van der Waals surface area contributed by atoms with Gasteiger partial charge in [-0.15, -0.1) is 0 Å². The fraction of sp³-hybridized carbons (Fsp3) is 0.500. The first-order valence-corrected chi connectivity index (χ1v) is 1.40. The molecule has 0 saturated heterocycles. The quantitative estimate of drug-likeness (QED) is 0.327. The molecule has 7 heavy (non-hydrogen) atoms. The predicted molar refractivity (Wildman–Crippen MR) is 24.8 cm³/mol. The van der Waals surface area contributed by atoms with E-state index in [1.54, 1.807) is 0 Å². The molecule has 0 fully saturated rings. The smallest absolute Gasteiger partial charge is 0.286 e. The number of amides is 1. The van der Waals surface area contributed by atoms with Crippen LogP contribution in [0.1, 0.15) is 8.22 Å². The first kappa shape index (κ1) is 1.31. The van der Waals surface area contributed by atoms with Crippen molar-refractivity contribution in [3.63, 3.8) is 0 Å². The number of rotatable bonds is 1. The first-order chi connectivity index (χ1) is 5.60. The topological polar surface area (TPSA) is 37.4 Å². The summed E-state index contributed by atoms with van der Waals surface area (Å²) in [4.78, 5) is 20.2. The van der Waals surface area contributed by atoms with Crippen molar-refractivity contribution >= 4 is 12.2 Å². The van der Waals surface area contributed by atoms with E-state index in [0.717, 1.165) is 0 Å². The molecule has 0 heterocycles. The van der Waals surface area contributed by atoms with Crippen LogP contribution in [0.2, 0.25) is 0 Å². The van der Waals surface area contributed by atoms with Crippen LogP contribution >= 0.6 is 0 Å². The molecule has 0 aromatic carbocycles. The second-order valence-electron chi connectivity index (χ2n) is 0.791. The third-order valence-corrected chi connectivity index (χ3v) is 0.321. The van der Waals surface area contributed by atoms with Crippen molar-refractivity contribution in [2.75, 3.05) is 14.0 Å². The zero-order chi connectivity index (χ0) is 10.9. The lowest BCUT2D eigenvalue weighted by Gasteiger charge is -2.01. The van der Waals surface area contributed by atoms with Gasteiger partial charge >= 0.3 is 0 Å². The molecule has 0 aliphatic carbocycles. The molecule has 0 aliphatic heterocycles. The van der Waals surface area contributed by atoms with Crippen LogP contribution in [0.4, 0.5) is 0 Å². The Bertz CT molecular complexity index is 204. The maximum absolute atomic E-state index is 10.6. The van der Waals surface area contributed by atoms with Crippen LogP contribution in [-0.4, -0.2) is 31.0 Å². The van der Waals surface area contributed by atoms with Gasteiger partial charge in [0.05, 0.1) is 0 Å². The second kappa shape index (κ2) is 2.34. The minimum Gasteiger partial charge on any atom is -0.342 e. The van der Waals surface area contributed by atoms with Crippen LogP contribution < -0.4 is 0 Å². The third-order valence-electron chi connectivity index (χ3n) is 0.321. The lowest BCUT2D eigenvalue weighted by molar-refractivity contribution is -0.136. The molecular formula is C4H7NO2. The molecule has 1 amide bonds. The SMILES string of the molecule is [2H]C([2H])([2H])N(C(=O)C=O)C([2H])([2H])[2H]. The number of hydrogen-bond acceptors (Lipinski definition) is 2. The fourth-order valence-electron chi connectivity index (χ4n) is 0.0527. The molecule has 0 aliphatic rings. The molecule has 0 spiro atoms. The Balaban J connectivity index is 5.00. The van der Waals surface area contributed by atoms with Gasteiger partial charge in [0.1, 0.15) is 0 Å². The standard InChI is InChI=1S/C4H7NO2/c1-5(2)4(7)3-6/h3H,1-2H3/i1D3,2D3. The Kier molecular flexibility index (Phi) is 0.436. The molecule has 3 heteroatoms. The van der Waals surface area contributed by atoms with Gasteiger partial charge in [-0.1, -0.05) is 0 Å². The first-order valence-electron chi connectivity index (χ1n) is 4.40. The Labute approximate surface area is 50.3 Å². The van der Waals surface area contributed by atoms with Gasteiger partial charge < -0.3 is 4.90 Å². The Morgan fingerprint density at radius 2 is 2.43 bits per heavy atom. The van der Waals surface area contributed by atoms with E-state index < -0.39 is 24.8 Å². The number of nitrogens with zero attached hydrogens (tertiary/aromatic N) is 1. The molecule has 3 nitrogen and oxygen atoms in total. The number of likely N-dealkylation sites (N-methyl/N-ethyl adjacent to an activating group) is 1. The van der Waals surface area contributed by atoms with Crippen LogP contribution in [0, 0.1) is 0 Å². The van der Waals surface area contributed by atoms with E-state index in [9.17, 15) is 9.59 Å². The van der Waals surface area contributed by atoms with Gasteiger partial charge in [0.15, 0.2) is 0 Å². The van der Waals surface area contributed by atoms with Crippen molar-refractivity contribution in [3.05, 3.63) is 0 Å². The highest BCUT2D eigenvalue weighted by molar-refractivity contribution is 6.23. The van der Waals surface area contributed by atoms with Crippen LogP contribution in [0.25, 0.3) is 0 Å². The lowest BCUT2D eigenvalue weighted by atomic mass is 10.6. The molecule has 0 aromatic rings. The van der Waals surface area contributed by atoms with Crippen molar-refractivity contribution in [2.24, 2.45) is 0 Å². The summed E-state index contributed by atoms with van der Waals surface area (Å²) >= 11 is 0. The monoisotopic (exact) mass is 107 g/mol. The summed E-state index contributed by atoms with van der Waals surface area (Å²) in [6.45, 7) is -6.27. The zero-order valence-electron chi connectivity index (χ0n) is 9.34. The van der Waals surface area contributed by atoms with Crippen LogP contribution in [0.3, 0.4) is 0 Å². The van der Waals surface area contributed by atoms with Gasteiger partial charge in [0, 0.05) is 22.2 Å². The highest BCUT2D eigenvalue weighted by Crippen LogP contribution is 1.68. The van der Waals surface area contributed by atoms with E-state index in [-0.39, 0.29) is 6.29 Å². The zero-order valence-corrected chi connectivity index (χ0v) is 3.34. The van der Waals surface area contributed by atoms with Gasteiger partial charge in [-0.2, -0.15) is 0 Å². The lowest BCUT2D eigenvalue weighted by Crippen LogP contribution is -2.22. The molecule has 0 rings (SSSR count). The van der Waals surface area contributed by atoms with Crippen LogP contribution in [0.15, 0.2) is 0 Å². The van der Waals surface area contributed by atoms with Crippen molar-refractivity contribution < 1.29 is 17.8 Å². The van der Waals surface area contributed by atoms with Crippen molar-refractivity contribution in [1.29, 1.82) is 0 Å². The van der Waals surface area contributed by atoms with Crippen molar-refractivity contribution in [1.82, 2.24) is 4.90 Å². The van der Waals surface area contributed by atoms with E-state index in [1.807, 2.05) is 0 Å². The number of carbonyl (C=O) groups excluding carboxylic acids is 2. The van der Waals surface area contributed by atoms with Gasteiger partial charge in [-0.3, -0.25) is 9.59 Å². The van der Waals surface area contributed by atoms with Gasteiger partial charge in [0.25, 0.3) is 5.91 Å². The second-order valence-corrected chi connectivity index (χ2v) is 0.791. The summed E-state index contributed by atoms with van der Waals surface area (Å²) in [7, 11) is 0. The van der Waals surface area contributed by atoms with E-state index in [0.29, 0.717) is 0 Å². The van der Waals surface area contributed by atoms with Crippen LogP contribution in [-0.2, 0) is 9.59 Å². The minimum atomic E-state index is -3.14. The Hall–Kier alpha value is -0.860. The van der Waals surface area contributed by atoms with E-state index in [1.165, 1.54) is 0 Å². The maximum atomic E-state index is 10.6. The highest BCUT2D eigenvalue weighted by atomic mass is 16.2. The molecule has 0 bridgehead atoms. The molecule has 0 saturated carbocycles. The minimum absolute atomic E-state index is 0.348. The summed E-state index contributed by atoms with van der Waals surface area (Å²) in [5, 5.41) is 0. The van der Waals surface area contributed by atoms with E-state index >= 15 is 0 Å². The van der Waals surface area contributed by atoms with Crippen molar-refractivity contribution in [3.8, 4) is 0 Å². The predicted octanol–water partition coefficient (Wildman–Crippen LogP) is -0.727. The molecular weight excluding hydrogens is 94.0 g/mol. The number of carbonyl (C=O) groups is 2. The maximum Gasteiger partial charge on any atom is 0.286 e. The molecule has 0 radical (unpaired) electrons. The molecule has 0 unspecified atom stereocenters. The highest BCUT2D eigenvalue weighted by Gasteiger charge is 1.96. The fourth-order valence-corrected chi connectivity index (χ4v) is 0.0527. The third kappa shape index (κ3) is 1.92. The number of aldehydes is 1. The molecule has 0 aromatic heterocycles. The average molecular weight is 107 g/mol. The Morgan fingerprint density at radius 3 is 2.57 bits per heavy atom. The van der Waals surface area contributed by atoms with Crippen LogP contribution in [0.5, 0.6) is 0 Å². The Morgan fingerprint density at radius 1 is 1.86 bits per heavy atom. The molecule has 0 atom stereocenters. The average Bonchev–Trinajstić information content (AvgIpc) is 1.80. The normalized spacial score (nSPS) is 24.0. The van der Waals surface area contributed by atoms with Gasteiger partial charge in [-0.05, 0) is 0 Å². The molecule has 40 valence electrons. The van der Waals surface area contributed by atoms with Crippen molar-refractivity contribution in [2.45, 2.75) is 0 Å². The van der Waals surface area contributed by atoms with Gasteiger partial charge in [-0.25, -0.2) is 0 Å². The summed E-state index contributed by atoms with van der Waals surface area (Å²) in [6, 6.07) is 0. The van der Waals surface area contributed by atoms with E-state index in [4.69, 9.17) is 8.22 Å². The largest absolute Gasteiger partial charge is 0.342 e. The molecule has 0 N–H and O–H groups in total. The summed E-state index contributed by atoms with van der Waals surface area (Å²) in [6.07, 6.45) is -0.348.